The lowest BCUT2D eigenvalue weighted by Gasteiger charge is -2.27. The average molecular weight is 261 g/mol. The van der Waals surface area contributed by atoms with Gasteiger partial charge in [0.1, 0.15) is 0 Å². The predicted octanol–water partition coefficient (Wildman–Crippen LogP) is 5.22. The lowest BCUT2D eigenvalue weighted by Crippen LogP contribution is -2.20. The van der Waals surface area contributed by atoms with Gasteiger partial charge in [-0.2, -0.15) is 0 Å². The van der Waals surface area contributed by atoms with E-state index in [1.165, 1.54) is 30.5 Å². The highest BCUT2D eigenvalue weighted by atomic mass is 14.9. The molecule has 2 aliphatic rings. The topological polar surface area (TPSA) is 12.0 Å². The Labute approximate surface area is 119 Å². The second kappa shape index (κ2) is 6.45. The fourth-order valence-electron chi connectivity index (χ4n) is 2.55. The zero-order valence-electron chi connectivity index (χ0n) is 13.6. The first-order valence-corrected chi connectivity index (χ1v) is 7.77. The molecule has 1 nitrogen and oxygen atoms in total. The number of hydrogen-bond donors (Lipinski definition) is 1. The molecule has 1 fully saturated rings. The van der Waals surface area contributed by atoms with E-state index >= 15 is 0 Å². The molecule has 1 heterocycles. The van der Waals surface area contributed by atoms with Crippen molar-refractivity contribution in [3.05, 3.63) is 35.6 Å². The summed E-state index contributed by atoms with van der Waals surface area (Å²) in [4.78, 5) is 0. The van der Waals surface area contributed by atoms with Crippen molar-refractivity contribution in [3.8, 4) is 0 Å². The Morgan fingerprint density at radius 3 is 2.11 bits per heavy atom. The van der Waals surface area contributed by atoms with E-state index in [2.05, 4.69) is 57.3 Å². The Hall–Kier alpha value is -0.980. The molecule has 1 heteroatoms. The van der Waals surface area contributed by atoms with Crippen molar-refractivity contribution < 1.29 is 0 Å². The Kier molecular flexibility index (Phi) is 5.46. The summed E-state index contributed by atoms with van der Waals surface area (Å²) in [6.07, 6.45) is 13.3. The van der Waals surface area contributed by atoms with Crippen LogP contribution in [0, 0.1) is 10.8 Å². The first-order valence-electron chi connectivity index (χ1n) is 7.77. The number of fused-ring (bicyclic) bond motifs is 1. The van der Waals surface area contributed by atoms with Crippen LogP contribution in [0.25, 0.3) is 0 Å². The van der Waals surface area contributed by atoms with Crippen molar-refractivity contribution >= 4 is 0 Å². The second-order valence-electron chi connectivity index (χ2n) is 6.59. The molecule has 0 radical (unpaired) electrons. The van der Waals surface area contributed by atoms with Crippen LogP contribution in [0.3, 0.4) is 0 Å². The first-order chi connectivity index (χ1) is 8.88. The summed E-state index contributed by atoms with van der Waals surface area (Å²) in [5.74, 6) is 0. The smallest absolute Gasteiger partial charge is 0.0337 e. The van der Waals surface area contributed by atoms with Gasteiger partial charge in [0.05, 0.1) is 0 Å². The molecule has 0 bridgehead atoms. The van der Waals surface area contributed by atoms with Gasteiger partial charge in [0.25, 0.3) is 0 Å². The van der Waals surface area contributed by atoms with Crippen molar-refractivity contribution in [1.29, 1.82) is 0 Å². The molecule has 1 aliphatic heterocycles. The molecule has 0 saturated carbocycles. The van der Waals surface area contributed by atoms with Crippen molar-refractivity contribution in [2.24, 2.45) is 10.8 Å². The fourth-order valence-corrected chi connectivity index (χ4v) is 2.55. The second-order valence-corrected chi connectivity index (χ2v) is 6.59. The maximum absolute atomic E-state index is 3.60. The molecule has 1 aliphatic carbocycles. The zero-order valence-corrected chi connectivity index (χ0v) is 13.6. The normalized spacial score (nSPS) is 31.3. The molecule has 0 atom stereocenters. The van der Waals surface area contributed by atoms with Crippen molar-refractivity contribution in [1.82, 2.24) is 5.32 Å². The standard InChI is InChI=1S/C16H25N.C2H6/c1-15(2)8-9-16(3,4)12-14-13(11-15)7-5-6-10-17-14;1-2/h8-9,11-12,17H,5-7,10H2,1-4H3;1-2H3/b9-8-,13-11-,14-12+;. The minimum Gasteiger partial charge on any atom is -0.385 e. The number of allylic oxidation sites excluding steroid dienone is 5. The molecule has 0 unspecified atom stereocenters. The van der Waals surface area contributed by atoms with Crippen molar-refractivity contribution in [2.45, 2.75) is 60.8 Å². The molecule has 19 heavy (non-hydrogen) atoms. The van der Waals surface area contributed by atoms with E-state index in [0.717, 1.165) is 6.54 Å². The highest BCUT2D eigenvalue weighted by molar-refractivity contribution is 5.37. The lowest BCUT2D eigenvalue weighted by atomic mass is 9.80. The van der Waals surface area contributed by atoms with Crippen LogP contribution < -0.4 is 5.32 Å². The molecule has 0 aromatic rings. The third-order valence-corrected chi connectivity index (χ3v) is 3.54. The molecular weight excluding hydrogens is 230 g/mol. The molecule has 0 spiro atoms. The van der Waals surface area contributed by atoms with E-state index in [1.807, 2.05) is 13.8 Å². The molecule has 1 N–H and O–H groups in total. The Morgan fingerprint density at radius 1 is 0.895 bits per heavy atom. The molecule has 2 rings (SSSR count). The van der Waals surface area contributed by atoms with E-state index in [0.29, 0.717) is 0 Å². The van der Waals surface area contributed by atoms with Gasteiger partial charge in [-0.25, -0.2) is 0 Å². The summed E-state index contributed by atoms with van der Waals surface area (Å²) < 4.78 is 0. The van der Waals surface area contributed by atoms with E-state index < -0.39 is 0 Å². The summed E-state index contributed by atoms with van der Waals surface area (Å²) in [5, 5.41) is 3.60. The summed E-state index contributed by atoms with van der Waals surface area (Å²) in [7, 11) is 0. The Morgan fingerprint density at radius 2 is 1.47 bits per heavy atom. The quantitative estimate of drug-likeness (QED) is 0.590. The van der Waals surface area contributed by atoms with Crippen LogP contribution in [-0.2, 0) is 0 Å². The minimum absolute atomic E-state index is 0.142. The molecular formula is C18H31N. The zero-order chi connectivity index (χ0) is 14.5. The van der Waals surface area contributed by atoms with Gasteiger partial charge in [0.2, 0.25) is 0 Å². The molecule has 0 amide bonds. The number of hydrogen-bond acceptors (Lipinski definition) is 1. The highest BCUT2D eigenvalue weighted by Crippen LogP contribution is 2.34. The van der Waals surface area contributed by atoms with Gasteiger partial charge in [-0.1, -0.05) is 65.8 Å². The lowest BCUT2D eigenvalue weighted by molar-refractivity contribution is 0.562. The fraction of sp³-hybridized carbons (Fsp3) is 0.667. The highest BCUT2D eigenvalue weighted by Gasteiger charge is 2.22. The van der Waals surface area contributed by atoms with Crippen molar-refractivity contribution in [3.63, 3.8) is 0 Å². The third kappa shape index (κ3) is 4.89. The van der Waals surface area contributed by atoms with Crippen LogP contribution in [0.1, 0.15) is 60.8 Å². The van der Waals surface area contributed by atoms with E-state index in [1.54, 1.807) is 0 Å². The van der Waals surface area contributed by atoms with Crippen LogP contribution in [0.4, 0.5) is 0 Å². The third-order valence-electron chi connectivity index (χ3n) is 3.54. The number of rotatable bonds is 0. The van der Waals surface area contributed by atoms with Crippen LogP contribution in [0.15, 0.2) is 35.6 Å². The van der Waals surface area contributed by atoms with Crippen LogP contribution >= 0.6 is 0 Å². The minimum atomic E-state index is 0.142. The van der Waals surface area contributed by atoms with Gasteiger partial charge in [-0.3, -0.25) is 0 Å². The summed E-state index contributed by atoms with van der Waals surface area (Å²) >= 11 is 0. The molecule has 0 aromatic heterocycles. The van der Waals surface area contributed by atoms with Crippen LogP contribution in [-0.4, -0.2) is 6.54 Å². The van der Waals surface area contributed by atoms with Gasteiger partial charge in [0, 0.05) is 23.1 Å². The molecule has 1 saturated heterocycles. The maximum Gasteiger partial charge on any atom is 0.0337 e. The Bertz CT molecular complexity index is 344. The van der Waals surface area contributed by atoms with E-state index in [-0.39, 0.29) is 10.8 Å². The average Bonchev–Trinajstić information content (AvgIpc) is 2.54. The predicted molar refractivity (Wildman–Crippen MR) is 86.1 cm³/mol. The van der Waals surface area contributed by atoms with Gasteiger partial charge in [-0.05, 0) is 24.8 Å². The Balaban J connectivity index is 0.000000861. The molecule has 0 aromatic carbocycles. The van der Waals surface area contributed by atoms with Gasteiger partial charge in [0.15, 0.2) is 0 Å². The number of nitrogens with one attached hydrogen (secondary N) is 1. The maximum atomic E-state index is 3.60. The van der Waals surface area contributed by atoms with E-state index in [4.69, 9.17) is 0 Å². The van der Waals surface area contributed by atoms with Crippen LogP contribution in [0.2, 0.25) is 0 Å². The van der Waals surface area contributed by atoms with E-state index in [9.17, 15) is 0 Å². The summed E-state index contributed by atoms with van der Waals surface area (Å²) in [6, 6.07) is 0. The summed E-state index contributed by atoms with van der Waals surface area (Å²) in [5.41, 5.74) is 3.18. The monoisotopic (exact) mass is 261 g/mol. The largest absolute Gasteiger partial charge is 0.385 e. The van der Waals surface area contributed by atoms with Crippen LogP contribution in [0.5, 0.6) is 0 Å². The first kappa shape index (κ1) is 16.1. The molecule has 108 valence electrons. The SMILES string of the molecule is CC.CC1(C)/C=C\C(C)(C)/C=C2/NCCCC/C2=C/1. The van der Waals surface area contributed by atoms with Gasteiger partial charge < -0.3 is 5.32 Å². The van der Waals surface area contributed by atoms with Gasteiger partial charge >= 0.3 is 0 Å². The van der Waals surface area contributed by atoms with Crippen molar-refractivity contribution in [2.75, 3.05) is 6.54 Å². The van der Waals surface area contributed by atoms with Gasteiger partial charge in [-0.15, -0.1) is 0 Å². The summed E-state index contributed by atoms with van der Waals surface area (Å²) in [6.45, 7) is 14.3.